The lowest BCUT2D eigenvalue weighted by atomic mass is 10.1. The Balaban J connectivity index is 1.47. The molecule has 0 bridgehead atoms. The van der Waals surface area contributed by atoms with Gasteiger partial charge in [-0.2, -0.15) is 0 Å². The molecule has 1 unspecified atom stereocenters. The summed E-state index contributed by atoms with van der Waals surface area (Å²) in [5.74, 6) is 0.0109. The highest BCUT2D eigenvalue weighted by atomic mass is 32.1. The summed E-state index contributed by atoms with van der Waals surface area (Å²) in [6, 6.07) is 22.4. The van der Waals surface area contributed by atoms with E-state index in [0.29, 0.717) is 6.54 Å². The molecule has 0 radical (unpaired) electrons. The van der Waals surface area contributed by atoms with Gasteiger partial charge >= 0.3 is 0 Å². The van der Waals surface area contributed by atoms with E-state index in [0.717, 1.165) is 31.9 Å². The normalized spacial score (nSPS) is 13.6. The van der Waals surface area contributed by atoms with Crippen LogP contribution in [0, 0.1) is 0 Å². The summed E-state index contributed by atoms with van der Waals surface area (Å²) < 4.78 is 1.19. The van der Waals surface area contributed by atoms with E-state index in [1.165, 1.54) is 4.70 Å². The number of anilines is 1. The van der Waals surface area contributed by atoms with Crippen molar-refractivity contribution >= 4 is 43.9 Å². The molecule has 27 heavy (non-hydrogen) atoms. The van der Waals surface area contributed by atoms with Crippen LogP contribution in [-0.4, -0.2) is 24.5 Å². The smallest absolute Gasteiger partial charge is 0.279 e. The first-order chi connectivity index (χ1) is 13.1. The van der Waals surface area contributed by atoms with Crippen LogP contribution in [0.15, 0.2) is 66.7 Å². The van der Waals surface area contributed by atoms with E-state index >= 15 is 0 Å². The summed E-state index contributed by atoms with van der Waals surface area (Å²) in [6.45, 7) is 2.51. The van der Waals surface area contributed by atoms with Crippen molar-refractivity contribution in [3.63, 3.8) is 0 Å². The molecule has 0 spiro atoms. The van der Waals surface area contributed by atoms with Crippen LogP contribution in [-0.2, 0) is 4.79 Å². The molecule has 2 atom stereocenters. The second kappa shape index (κ2) is 7.47. The van der Waals surface area contributed by atoms with Crippen molar-refractivity contribution in [2.24, 2.45) is 0 Å². The molecule has 1 amide bonds. The van der Waals surface area contributed by atoms with Gasteiger partial charge in [0.2, 0.25) is 0 Å². The van der Waals surface area contributed by atoms with Crippen molar-refractivity contribution < 1.29 is 9.69 Å². The Labute approximate surface area is 162 Å². The number of thiazole rings is 1. The van der Waals surface area contributed by atoms with Crippen molar-refractivity contribution in [1.29, 1.82) is 0 Å². The minimum Gasteiger partial charge on any atom is -0.322 e. The summed E-state index contributed by atoms with van der Waals surface area (Å²) in [5.41, 5.74) is 1.89. The number of hydrogen-bond donors (Lipinski definition) is 2. The van der Waals surface area contributed by atoms with Crippen molar-refractivity contribution in [2.75, 3.05) is 18.9 Å². The number of carbonyl (C=O) groups is 1. The zero-order chi connectivity index (χ0) is 18.8. The topological polar surface area (TPSA) is 46.4 Å². The largest absolute Gasteiger partial charge is 0.322 e. The van der Waals surface area contributed by atoms with Gasteiger partial charge in [-0.1, -0.05) is 48.5 Å². The first-order valence-corrected chi connectivity index (χ1v) is 9.89. The fourth-order valence-electron chi connectivity index (χ4n) is 3.22. The molecule has 4 nitrogen and oxygen atoms in total. The molecule has 136 valence electrons. The molecule has 0 fully saturated rings. The molecule has 0 aliphatic heterocycles. The second-order valence-corrected chi connectivity index (χ2v) is 7.90. The van der Waals surface area contributed by atoms with Gasteiger partial charge in [0.15, 0.2) is 11.6 Å². The summed E-state index contributed by atoms with van der Waals surface area (Å²) in [7, 11) is 2.04. The molecular formula is C22H22N3OS+. The maximum absolute atomic E-state index is 12.6. The highest BCUT2D eigenvalue weighted by Gasteiger charge is 2.22. The maximum atomic E-state index is 12.6. The van der Waals surface area contributed by atoms with Gasteiger partial charge in [-0.25, -0.2) is 4.98 Å². The number of likely N-dealkylation sites (N-methyl/N-ethyl adjacent to an activating group) is 1. The SMILES string of the molecule is C[C@@H](c1nc2ccccc2s1)[NH+](C)CC(=O)Nc1cccc2ccccc12. The quantitative estimate of drug-likeness (QED) is 0.558. The average molecular weight is 377 g/mol. The zero-order valence-corrected chi connectivity index (χ0v) is 16.2. The van der Waals surface area contributed by atoms with Crippen LogP contribution < -0.4 is 10.2 Å². The number of rotatable bonds is 5. The highest BCUT2D eigenvalue weighted by Crippen LogP contribution is 2.25. The first kappa shape index (κ1) is 17.6. The van der Waals surface area contributed by atoms with Crippen molar-refractivity contribution in [2.45, 2.75) is 13.0 Å². The molecule has 0 aliphatic carbocycles. The monoisotopic (exact) mass is 376 g/mol. The molecule has 2 N–H and O–H groups in total. The third-order valence-corrected chi connectivity index (χ3v) is 6.14. The van der Waals surface area contributed by atoms with Crippen LogP contribution in [0.2, 0.25) is 0 Å². The van der Waals surface area contributed by atoms with E-state index in [4.69, 9.17) is 4.98 Å². The second-order valence-electron chi connectivity index (χ2n) is 6.84. The Hall–Kier alpha value is -2.76. The predicted octanol–water partition coefficient (Wildman–Crippen LogP) is 3.66. The third kappa shape index (κ3) is 3.70. The van der Waals surface area contributed by atoms with Crippen LogP contribution in [0.3, 0.4) is 0 Å². The van der Waals surface area contributed by atoms with Gasteiger partial charge in [0.25, 0.3) is 5.91 Å². The lowest BCUT2D eigenvalue weighted by Crippen LogP contribution is -3.10. The molecule has 4 aromatic rings. The van der Waals surface area contributed by atoms with E-state index in [2.05, 4.69) is 30.4 Å². The van der Waals surface area contributed by atoms with Gasteiger partial charge in [0.05, 0.1) is 17.3 Å². The van der Waals surface area contributed by atoms with Gasteiger partial charge in [-0.05, 0) is 30.5 Å². The fourth-order valence-corrected chi connectivity index (χ4v) is 4.33. The van der Waals surface area contributed by atoms with Crippen LogP contribution in [0.25, 0.3) is 21.0 Å². The minimum absolute atomic E-state index is 0.0109. The van der Waals surface area contributed by atoms with Gasteiger partial charge in [-0.3, -0.25) is 4.79 Å². The van der Waals surface area contributed by atoms with Crippen LogP contribution >= 0.6 is 11.3 Å². The Morgan fingerprint density at radius 3 is 2.67 bits per heavy atom. The Bertz CT molecular complexity index is 1070. The lowest BCUT2D eigenvalue weighted by molar-refractivity contribution is -0.902. The maximum Gasteiger partial charge on any atom is 0.279 e. The van der Waals surface area contributed by atoms with Crippen LogP contribution in [0.5, 0.6) is 0 Å². The number of carbonyl (C=O) groups excluding carboxylic acids is 1. The molecule has 3 aromatic carbocycles. The summed E-state index contributed by atoms with van der Waals surface area (Å²) in [5, 5.41) is 6.32. The summed E-state index contributed by atoms with van der Waals surface area (Å²) >= 11 is 1.70. The molecule has 0 saturated carbocycles. The Morgan fingerprint density at radius 1 is 1.07 bits per heavy atom. The minimum atomic E-state index is 0.0109. The molecule has 0 saturated heterocycles. The highest BCUT2D eigenvalue weighted by molar-refractivity contribution is 7.18. The van der Waals surface area contributed by atoms with Gasteiger partial charge in [-0.15, -0.1) is 11.3 Å². The molecule has 4 rings (SSSR count). The Morgan fingerprint density at radius 2 is 1.81 bits per heavy atom. The molecule has 5 heteroatoms. The van der Waals surface area contributed by atoms with E-state index in [9.17, 15) is 4.79 Å². The number of amides is 1. The fraction of sp³-hybridized carbons (Fsp3) is 0.182. The number of para-hydroxylation sites is 1. The van der Waals surface area contributed by atoms with Gasteiger partial charge < -0.3 is 10.2 Å². The molecule has 0 aliphatic rings. The first-order valence-electron chi connectivity index (χ1n) is 9.07. The molecule has 1 heterocycles. The van der Waals surface area contributed by atoms with E-state index in [1.807, 2.05) is 55.6 Å². The number of nitrogens with zero attached hydrogens (tertiary/aromatic N) is 1. The van der Waals surface area contributed by atoms with E-state index in [-0.39, 0.29) is 11.9 Å². The number of fused-ring (bicyclic) bond motifs is 2. The van der Waals surface area contributed by atoms with Gasteiger partial charge in [0.1, 0.15) is 6.04 Å². The predicted molar refractivity (Wildman–Crippen MR) is 112 cm³/mol. The molecule has 1 aromatic heterocycles. The van der Waals surface area contributed by atoms with Crippen molar-refractivity contribution in [3.05, 3.63) is 71.7 Å². The zero-order valence-electron chi connectivity index (χ0n) is 15.4. The number of aromatic nitrogens is 1. The number of benzene rings is 3. The summed E-state index contributed by atoms with van der Waals surface area (Å²) in [6.07, 6.45) is 0. The van der Waals surface area contributed by atoms with Crippen molar-refractivity contribution in [1.82, 2.24) is 4.98 Å². The average Bonchev–Trinajstić information content (AvgIpc) is 3.11. The number of quaternary nitrogens is 1. The standard InChI is InChI=1S/C22H21N3OS/c1-15(22-24-19-11-5-6-13-20(19)27-22)25(2)14-21(26)23-18-12-7-9-16-8-3-4-10-17(16)18/h3-13,15H,14H2,1-2H3,(H,23,26)/p+1/t15-/m0/s1. The third-order valence-electron chi connectivity index (χ3n) is 4.92. The van der Waals surface area contributed by atoms with Gasteiger partial charge in [0, 0.05) is 11.1 Å². The number of hydrogen-bond acceptors (Lipinski definition) is 3. The van der Waals surface area contributed by atoms with E-state index < -0.39 is 0 Å². The van der Waals surface area contributed by atoms with E-state index in [1.54, 1.807) is 11.3 Å². The number of nitrogens with one attached hydrogen (secondary N) is 2. The molecular weight excluding hydrogens is 354 g/mol. The van der Waals surface area contributed by atoms with Crippen LogP contribution in [0.4, 0.5) is 5.69 Å². The van der Waals surface area contributed by atoms with Crippen molar-refractivity contribution in [3.8, 4) is 0 Å². The lowest BCUT2D eigenvalue weighted by Gasteiger charge is -2.19. The summed E-state index contributed by atoms with van der Waals surface area (Å²) in [4.78, 5) is 18.5. The Kier molecular flexibility index (Phi) is 4.88. The van der Waals surface area contributed by atoms with Crippen LogP contribution in [0.1, 0.15) is 18.0 Å².